The van der Waals surface area contributed by atoms with E-state index in [4.69, 9.17) is 0 Å². The number of hydrogen-bond acceptors (Lipinski definition) is 3. The number of sulfonamides is 1. The van der Waals surface area contributed by atoms with E-state index < -0.39 is 26.6 Å². The van der Waals surface area contributed by atoms with Crippen molar-refractivity contribution in [3.63, 3.8) is 0 Å². The third kappa shape index (κ3) is 3.84. The summed E-state index contributed by atoms with van der Waals surface area (Å²) >= 11 is 2.86. The third-order valence-electron chi connectivity index (χ3n) is 2.62. The number of halogens is 3. The molecule has 0 saturated carbocycles. The van der Waals surface area contributed by atoms with Gasteiger partial charge in [0.05, 0.1) is 12.2 Å². The average molecular weight is 377 g/mol. The molecule has 2 aromatic rings. The van der Waals surface area contributed by atoms with Crippen LogP contribution in [0.5, 0.6) is 0 Å². The molecule has 0 spiro atoms. The van der Waals surface area contributed by atoms with E-state index in [1.54, 1.807) is 25.1 Å². The third-order valence-corrected chi connectivity index (χ3v) is 4.99. The molecule has 1 aromatic heterocycles. The Morgan fingerprint density at radius 3 is 2.62 bits per heavy atom. The Balaban J connectivity index is 2.27. The highest BCUT2D eigenvalue weighted by molar-refractivity contribution is 9.10. The maximum atomic E-state index is 13.7. The van der Waals surface area contributed by atoms with Crippen LogP contribution in [-0.2, 0) is 16.6 Å². The summed E-state index contributed by atoms with van der Waals surface area (Å²) in [4.78, 5) is 3.51. The number of aromatic nitrogens is 1. The Hall–Kier alpha value is -1.38. The Bertz CT molecular complexity index is 758. The second kappa shape index (κ2) is 6.17. The summed E-state index contributed by atoms with van der Waals surface area (Å²) in [7, 11) is -4.13. The number of hydrogen-bond donors (Lipinski definition) is 1. The fourth-order valence-corrected chi connectivity index (χ4v) is 3.89. The number of nitrogens with one attached hydrogen (secondary N) is 1. The Morgan fingerprint density at radius 2 is 2.00 bits per heavy atom. The van der Waals surface area contributed by atoms with Gasteiger partial charge in [0.2, 0.25) is 10.0 Å². The van der Waals surface area contributed by atoms with Gasteiger partial charge >= 0.3 is 0 Å². The molecule has 0 amide bonds. The van der Waals surface area contributed by atoms with Crippen molar-refractivity contribution in [3.8, 4) is 0 Å². The van der Waals surface area contributed by atoms with Crippen molar-refractivity contribution < 1.29 is 17.2 Å². The largest absolute Gasteiger partial charge is 0.257 e. The van der Waals surface area contributed by atoms with Crippen LogP contribution >= 0.6 is 15.9 Å². The van der Waals surface area contributed by atoms with Crippen LogP contribution in [0.25, 0.3) is 0 Å². The molecular weight excluding hydrogens is 366 g/mol. The molecule has 0 unspecified atom stereocenters. The first kappa shape index (κ1) is 16.0. The molecule has 0 aliphatic rings. The molecule has 1 heterocycles. The summed E-state index contributed by atoms with van der Waals surface area (Å²) < 4.78 is 53.0. The van der Waals surface area contributed by atoms with Gasteiger partial charge < -0.3 is 0 Å². The topological polar surface area (TPSA) is 59.1 Å². The van der Waals surface area contributed by atoms with E-state index in [2.05, 4.69) is 25.6 Å². The van der Waals surface area contributed by atoms with Gasteiger partial charge in [-0.15, -0.1) is 0 Å². The van der Waals surface area contributed by atoms with Crippen LogP contribution in [0.3, 0.4) is 0 Å². The molecule has 0 aliphatic heterocycles. The van der Waals surface area contributed by atoms with Crippen LogP contribution in [0.4, 0.5) is 8.78 Å². The predicted molar refractivity (Wildman–Crippen MR) is 77.1 cm³/mol. The fraction of sp³-hybridized carbons (Fsp3) is 0.154. The molecule has 0 fully saturated rings. The zero-order valence-electron chi connectivity index (χ0n) is 10.9. The summed E-state index contributed by atoms with van der Waals surface area (Å²) in [5.74, 6) is -2.02. The molecule has 0 aliphatic carbocycles. The van der Waals surface area contributed by atoms with E-state index in [1.807, 2.05) is 0 Å². The minimum absolute atomic E-state index is 0.0900. The number of rotatable bonds is 4. The summed E-state index contributed by atoms with van der Waals surface area (Å²) in [6.07, 6.45) is 0. The van der Waals surface area contributed by atoms with Crippen LogP contribution in [0, 0.1) is 18.6 Å². The second-order valence-electron chi connectivity index (χ2n) is 4.29. The monoisotopic (exact) mass is 376 g/mol. The minimum atomic E-state index is -4.13. The molecule has 112 valence electrons. The van der Waals surface area contributed by atoms with E-state index in [9.17, 15) is 17.2 Å². The first-order chi connectivity index (χ1) is 9.79. The van der Waals surface area contributed by atoms with Gasteiger partial charge in [0, 0.05) is 16.2 Å². The average Bonchev–Trinajstić information content (AvgIpc) is 2.35. The van der Waals surface area contributed by atoms with Gasteiger partial charge in [-0.25, -0.2) is 21.9 Å². The maximum absolute atomic E-state index is 13.7. The van der Waals surface area contributed by atoms with Crippen molar-refractivity contribution >= 4 is 26.0 Å². The van der Waals surface area contributed by atoms with E-state index in [0.29, 0.717) is 11.8 Å². The minimum Gasteiger partial charge on any atom is -0.257 e. The van der Waals surface area contributed by atoms with Crippen LogP contribution in [0.2, 0.25) is 0 Å². The lowest BCUT2D eigenvalue weighted by Crippen LogP contribution is -2.25. The molecule has 0 atom stereocenters. The molecule has 2 rings (SSSR count). The number of pyridine rings is 1. The molecule has 8 heteroatoms. The SMILES string of the molecule is Cc1cccc(CNS(=O)(=O)c2c(F)cc(F)cc2Br)n1. The maximum Gasteiger partial charge on any atom is 0.244 e. The summed E-state index contributed by atoms with van der Waals surface area (Å²) in [6, 6.07) is 6.56. The molecule has 21 heavy (non-hydrogen) atoms. The van der Waals surface area contributed by atoms with E-state index in [1.165, 1.54) is 0 Å². The van der Waals surface area contributed by atoms with Crippen LogP contribution < -0.4 is 4.72 Å². The first-order valence-electron chi connectivity index (χ1n) is 5.86. The Kier molecular flexibility index (Phi) is 4.70. The molecule has 0 radical (unpaired) electrons. The highest BCUT2D eigenvalue weighted by atomic mass is 79.9. The van der Waals surface area contributed by atoms with Crippen molar-refractivity contribution in [1.82, 2.24) is 9.71 Å². The van der Waals surface area contributed by atoms with Crippen LogP contribution in [-0.4, -0.2) is 13.4 Å². The normalized spacial score (nSPS) is 11.6. The summed E-state index contributed by atoms with van der Waals surface area (Å²) in [5, 5.41) is 0. The predicted octanol–water partition coefficient (Wildman–Crippen LogP) is 2.91. The number of nitrogens with zero attached hydrogens (tertiary/aromatic N) is 1. The molecule has 1 N–H and O–H groups in total. The summed E-state index contributed by atoms with van der Waals surface area (Å²) in [6.45, 7) is 1.68. The van der Waals surface area contributed by atoms with Crippen molar-refractivity contribution in [2.75, 3.05) is 0 Å². The lowest BCUT2D eigenvalue weighted by Gasteiger charge is -2.09. The van der Waals surface area contributed by atoms with Gasteiger partial charge in [-0.05, 0) is 41.1 Å². The van der Waals surface area contributed by atoms with Gasteiger partial charge in [0.15, 0.2) is 0 Å². The first-order valence-corrected chi connectivity index (χ1v) is 8.14. The van der Waals surface area contributed by atoms with E-state index in [-0.39, 0.29) is 11.0 Å². The summed E-state index contributed by atoms with van der Waals surface area (Å²) in [5.41, 5.74) is 1.23. The highest BCUT2D eigenvalue weighted by Crippen LogP contribution is 2.26. The number of benzene rings is 1. The van der Waals surface area contributed by atoms with Crippen LogP contribution in [0.1, 0.15) is 11.4 Å². The van der Waals surface area contributed by atoms with Crippen molar-refractivity contribution in [3.05, 3.63) is 57.8 Å². The standard InChI is InChI=1S/C13H11BrF2N2O2S/c1-8-3-2-4-10(18-8)7-17-21(19,20)13-11(14)5-9(15)6-12(13)16/h2-6,17H,7H2,1H3. The Morgan fingerprint density at radius 1 is 1.29 bits per heavy atom. The molecule has 1 aromatic carbocycles. The zero-order valence-corrected chi connectivity index (χ0v) is 13.3. The molecule has 0 saturated heterocycles. The quantitative estimate of drug-likeness (QED) is 0.892. The van der Waals surface area contributed by atoms with Crippen molar-refractivity contribution in [2.24, 2.45) is 0 Å². The second-order valence-corrected chi connectivity index (χ2v) is 6.85. The van der Waals surface area contributed by atoms with Gasteiger partial charge in [0.1, 0.15) is 16.5 Å². The smallest absolute Gasteiger partial charge is 0.244 e. The number of aryl methyl sites for hydroxylation is 1. The van der Waals surface area contributed by atoms with Gasteiger partial charge in [-0.3, -0.25) is 4.98 Å². The molecule has 4 nitrogen and oxygen atoms in total. The van der Waals surface area contributed by atoms with Gasteiger partial charge in [0.25, 0.3) is 0 Å². The highest BCUT2D eigenvalue weighted by Gasteiger charge is 2.23. The Labute approximate surface area is 129 Å². The van der Waals surface area contributed by atoms with Crippen molar-refractivity contribution in [2.45, 2.75) is 18.4 Å². The fourth-order valence-electron chi connectivity index (χ4n) is 1.72. The zero-order chi connectivity index (χ0) is 15.6. The van der Waals surface area contributed by atoms with Crippen LogP contribution in [0.15, 0.2) is 39.7 Å². The molecular formula is C13H11BrF2N2O2S. The van der Waals surface area contributed by atoms with E-state index >= 15 is 0 Å². The van der Waals surface area contributed by atoms with Crippen molar-refractivity contribution in [1.29, 1.82) is 0 Å². The van der Waals surface area contributed by atoms with Gasteiger partial charge in [-0.2, -0.15) is 0 Å². The van der Waals surface area contributed by atoms with Gasteiger partial charge in [-0.1, -0.05) is 6.07 Å². The van der Waals surface area contributed by atoms with E-state index in [0.717, 1.165) is 11.8 Å². The lowest BCUT2D eigenvalue weighted by molar-refractivity contribution is 0.540. The lowest BCUT2D eigenvalue weighted by atomic mass is 10.3. The molecule has 0 bridgehead atoms.